The van der Waals surface area contributed by atoms with Crippen molar-refractivity contribution >= 4 is 33.8 Å². The molecule has 3 aromatic rings. The molecule has 34 heavy (non-hydrogen) atoms. The third-order valence-electron chi connectivity index (χ3n) is 4.40. The Morgan fingerprint density at radius 1 is 1.00 bits per heavy atom. The Balaban J connectivity index is 1.72. The molecule has 11 heteroatoms. The molecule has 0 spiro atoms. The van der Waals surface area contributed by atoms with E-state index < -0.39 is 28.5 Å². The zero-order valence-corrected chi connectivity index (χ0v) is 18.8. The van der Waals surface area contributed by atoms with Crippen LogP contribution >= 0.6 is 0 Å². The minimum absolute atomic E-state index is 0.0652. The molecule has 0 aliphatic heterocycles. The fraction of sp³-hybridized carbons (Fsp3) is 0.0870. The summed E-state index contributed by atoms with van der Waals surface area (Å²) in [4.78, 5) is 23.1. The summed E-state index contributed by atoms with van der Waals surface area (Å²) in [6.45, 7) is -0.526. The van der Waals surface area contributed by atoms with Crippen LogP contribution in [0.2, 0.25) is 0 Å². The van der Waals surface area contributed by atoms with Crippen molar-refractivity contribution in [1.29, 1.82) is 0 Å². The van der Waals surface area contributed by atoms with Gasteiger partial charge < -0.3 is 14.6 Å². The fourth-order valence-electron chi connectivity index (χ4n) is 2.82. The molecule has 0 fully saturated rings. The van der Waals surface area contributed by atoms with E-state index in [9.17, 15) is 18.0 Å². The molecule has 3 N–H and O–H groups in total. The number of hydrazone groups is 1. The van der Waals surface area contributed by atoms with Gasteiger partial charge in [0.25, 0.3) is 15.9 Å². The highest BCUT2D eigenvalue weighted by Gasteiger charge is 2.18. The number of ether oxygens (including phenoxy) is 2. The van der Waals surface area contributed by atoms with Gasteiger partial charge in [-0.3, -0.25) is 9.52 Å². The van der Waals surface area contributed by atoms with Gasteiger partial charge in [-0.15, -0.1) is 0 Å². The number of aliphatic carboxylic acids is 1. The van der Waals surface area contributed by atoms with Gasteiger partial charge in [0.1, 0.15) is 11.5 Å². The molecule has 0 atom stereocenters. The molecule has 0 bridgehead atoms. The number of sulfonamides is 1. The van der Waals surface area contributed by atoms with Crippen molar-refractivity contribution < 1.29 is 32.6 Å². The van der Waals surface area contributed by atoms with Crippen LogP contribution in [-0.2, 0) is 14.8 Å². The van der Waals surface area contributed by atoms with Crippen LogP contribution in [0, 0.1) is 0 Å². The Kier molecular flexibility index (Phi) is 7.83. The van der Waals surface area contributed by atoms with Crippen LogP contribution in [0.5, 0.6) is 11.5 Å². The van der Waals surface area contributed by atoms with E-state index in [4.69, 9.17) is 14.6 Å². The Morgan fingerprint density at radius 2 is 1.71 bits per heavy atom. The molecule has 1 amide bonds. The number of methoxy groups -OCH3 is 1. The number of rotatable bonds is 10. The number of amides is 1. The highest BCUT2D eigenvalue weighted by Crippen LogP contribution is 2.26. The molecule has 176 valence electrons. The van der Waals surface area contributed by atoms with Crippen molar-refractivity contribution in [2.75, 3.05) is 18.4 Å². The average Bonchev–Trinajstić information content (AvgIpc) is 2.83. The number of carbonyl (C=O) groups excluding carboxylic acids is 1. The third-order valence-corrected chi connectivity index (χ3v) is 5.76. The Bertz CT molecular complexity index is 1320. The van der Waals surface area contributed by atoms with E-state index >= 15 is 0 Å². The van der Waals surface area contributed by atoms with Gasteiger partial charge in [0.15, 0.2) is 6.61 Å². The Hall–Kier alpha value is -4.38. The highest BCUT2D eigenvalue weighted by atomic mass is 32.2. The van der Waals surface area contributed by atoms with Gasteiger partial charge in [0.05, 0.1) is 23.9 Å². The lowest BCUT2D eigenvalue weighted by atomic mass is 10.2. The van der Waals surface area contributed by atoms with Gasteiger partial charge in [-0.05, 0) is 42.5 Å². The van der Waals surface area contributed by atoms with Crippen molar-refractivity contribution in [3.8, 4) is 11.5 Å². The maximum absolute atomic E-state index is 12.8. The number of carbonyl (C=O) groups is 2. The number of benzene rings is 3. The summed E-state index contributed by atoms with van der Waals surface area (Å²) in [6, 6.07) is 18.5. The first-order chi connectivity index (χ1) is 16.3. The number of hydrogen-bond donors (Lipinski definition) is 3. The van der Waals surface area contributed by atoms with E-state index in [1.807, 2.05) is 0 Å². The summed E-state index contributed by atoms with van der Waals surface area (Å²) in [5.41, 5.74) is 3.08. The van der Waals surface area contributed by atoms with Crippen LogP contribution in [0.25, 0.3) is 0 Å². The summed E-state index contributed by atoms with van der Waals surface area (Å²) in [6.07, 6.45) is 1.29. The number of para-hydroxylation sites is 3. The second-order valence-corrected chi connectivity index (χ2v) is 8.44. The summed E-state index contributed by atoms with van der Waals surface area (Å²) in [5.74, 6) is -1.15. The molecule has 0 aliphatic carbocycles. The van der Waals surface area contributed by atoms with Crippen LogP contribution in [0.4, 0.5) is 5.69 Å². The zero-order chi connectivity index (χ0) is 24.6. The van der Waals surface area contributed by atoms with Gasteiger partial charge in [0, 0.05) is 11.1 Å². The summed E-state index contributed by atoms with van der Waals surface area (Å²) in [7, 11) is -2.57. The average molecular weight is 484 g/mol. The molecule has 0 heterocycles. The molecular weight excluding hydrogens is 462 g/mol. The topological polar surface area (TPSA) is 143 Å². The van der Waals surface area contributed by atoms with Crippen molar-refractivity contribution in [3.63, 3.8) is 0 Å². The van der Waals surface area contributed by atoms with Gasteiger partial charge in [-0.25, -0.2) is 18.6 Å². The Labute approximate surface area is 195 Å². The van der Waals surface area contributed by atoms with Gasteiger partial charge >= 0.3 is 5.97 Å². The van der Waals surface area contributed by atoms with E-state index in [-0.39, 0.29) is 21.9 Å². The third kappa shape index (κ3) is 6.33. The zero-order valence-electron chi connectivity index (χ0n) is 18.0. The highest BCUT2D eigenvalue weighted by molar-refractivity contribution is 7.92. The molecule has 0 unspecified atom stereocenters. The minimum Gasteiger partial charge on any atom is -0.495 e. The molecule has 0 saturated heterocycles. The number of anilines is 1. The minimum atomic E-state index is -4.00. The molecule has 3 rings (SSSR count). The molecule has 0 aromatic heterocycles. The second kappa shape index (κ2) is 11.0. The first-order valence-corrected chi connectivity index (χ1v) is 11.3. The quantitative estimate of drug-likeness (QED) is 0.297. The van der Waals surface area contributed by atoms with Crippen LogP contribution in [0.3, 0.4) is 0 Å². The van der Waals surface area contributed by atoms with E-state index in [1.54, 1.807) is 48.5 Å². The fourth-order valence-corrected chi connectivity index (χ4v) is 3.94. The van der Waals surface area contributed by atoms with E-state index in [0.717, 1.165) is 0 Å². The second-order valence-electron chi connectivity index (χ2n) is 6.75. The number of hydrogen-bond acceptors (Lipinski definition) is 7. The molecular formula is C23H21N3O7S. The van der Waals surface area contributed by atoms with E-state index in [1.165, 1.54) is 37.6 Å². The standard InChI is InChI=1S/C23H21N3O7S/c1-32-21-12-5-3-10-19(21)26-34(30,31)18-9-6-8-16(13-18)23(29)25-24-14-17-7-2-4-11-20(17)33-15-22(27)28/h2-14,26H,15H2,1H3,(H,25,29)(H,27,28)/b24-14-. The van der Waals surface area contributed by atoms with E-state index in [0.29, 0.717) is 11.3 Å². The molecule has 10 nitrogen and oxygen atoms in total. The largest absolute Gasteiger partial charge is 0.495 e. The number of nitrogens with zero attached hydrogens (tertiary/aromatic N) is 1. The Morgan fingerprint density at radius 3 is 2.44 bits per heavy atom. The van der Waals surface area contributed by atoms with Gasteiger partial charge in [-0.1, -0.05) is 30.3 Å². The van der Waals surface area contributed by atoms with Crippen LogP contribution in [-0.4, -0.2) is 45.3 Å². The SMILES string of the molecule is COc1ccccc1NS(=O)(=O)c1cccc(C(=O)N/N=C\c2ccccc2OCC(=O)O)c1. The van der Waals surface area contributed by atoms with E-state index in [2.05, 4.69) is 15.2 Å². The molecule has 3 aromatic carbocycles. The normalized spacial score (nSPS) is 11.1. The lowest BCUT2D eigenvalue weighted by molar-refractivity contribution is -0.139. The van der Waals surface area contributed by atoms with Gasteiger partial charge in [0.2, 0.25) is 0 Å². The lowest BCUT2D eigenvalue weighted by Gasteiger charge is -2.12. The molecule has 0 saturated carbocycles. The first kappa shape index (κ1) is 24.3. The van der Waals surface area contributed by atoms with Crippen LogP contribution < -0.4 is 19.6 Å². The molecule has 0 radical (unpaired) electrons. The maximum Gasteiger partial charge on any atom is 0.341 e. The smallest absolute Gasteiger partial charge is 0.341 e. The monoisotopic (exact) mass is 483 g/mol. The molecule has 0 aliphatic rings. The number of nitrogens with one attached hydrogen (secondary N) is 2. The van der Waals surface area contributed by atoms with Crippen LogP contribution in [0.15, 0.2) is 82.8 Å². The van der Waals surface area contributed by atoms with Crippen molar-refractivity contribution in [1.82, 2.24) is 5.43 Å². The van der Waals surface area contributed by atoms with Crippen LogP contribution in [0.1, 0.15) is 15.9 Å². The maximum atomic E-state index is 12.8. The van der Waals surface area contributed by atoms with Crippen molar-refractivity contribution in [3.05, 3.63) is 83.9 Å². The van der Waals surface area contributed by atoms with Crippen molar-refractivity contribution in [2.45, 2.75) is 4.90 Å². The number of carboxylic acids is 1. The summed E-state index contributed by atoms with van der Waals surface area (Å²) in [5, 5.41) is 12.6. The van der Waals surface area contributed by atoms with Gasteiger partial charge in [-0.2, -0.15) is 5.10 Å². The summed E-state index contributed by atoms with van der Waals surface area (Å²) >= 11 is 0. The lowest BCUT2D eigenvalue weighted by Crippen LogP contribution is -2.19. The predicted molar refractivity (Wildman–Crippen MR) is 125 cm³/mol. The predicted octanol–water partition coefficient (Wildman–Crippen LogP) is 2.72. The summed E-state index contributed by atoms with van der Waals surface area (Å²) < 4.78 is 38.4. The van der Waals surface area contributed by atoms with Crippen molar-refractivity contribution in [2.24, 2.45) is 5.10 Å². The number of carboxylic acid groups (broad SMARTS) is 1. The first-order valence-electron chi connectivity index (χ1n) is 9.83.